The number of phosphoric ester groups is 1. The highest BCUT2D eigenvalue weighted by molar-refractivity contribution is 7.47. The summed E-state index contributed by atoms with van der Waals surface area (Å²) < 4.78 is 39.5. The maximum atomic E-state index is 12.9. The monoisotopic (exact) mass is 1110 g/mol. The molecule has 0 heterocycles. The average Bonchev–Trinajstić information content (AvgIpc) is 3.43. The Morgan fingerprint density at radius 3 is 1.13 bits per heavy atom. The minimum absolute atomic E-state index is 0.0391. The zero-order valence-electron chi connectivity index (χ0n) is 49.6. The lowest BCUT2D eigenvalue weighted by Crippen LogP contribution is -2.30. The summed E-state index contributed by atoms with van der Waals surface area (Å²) in [5, 5.41) is 9.83. The topological polar surface area (TPSA) is 155 Å². The van der Waals surface area contributed by atoms with Crippen molar-refractivity contribution in [1.82, 2.24) is 0 Å². The van der Waals surface area contributed by atoms with Crippen LogP contribution in [0.25, 0.3) is 0 Å². The predicted octanol–water partition coefficient (Wildman–Crippen LogP) is 18.8. The van der Waals surface area contributed by atoms with E-state index in [2.05, 4.69) is 106 Å². The quantitative estimate of drug-likeness (QED) is 0.0197. The Bertz CT molecular complexity index is 1680. The third-order valence-corrected chi connectivity index (χ3v) is 14.0. The van der Waals surface area contributed by atoms with Crippen molar-refractivity contribution in [3.8, 4) is 0 Å². The number of ether oxygens (including phenoxy) is 3. The number of phosphoric acid groups is 1. The molecule has 2 N–H and O–H groups in total. The Hall–Kier alpha value is -3.60. The number of unbranched alkanes of at least 4 members (excludes halogenated alkanes) is 24. The van der Waals surface area contributed by atoms with Crippen LogP contribution in [-0.4, -0.2) is 66.5 Å². The summed E-state index contributed by atoms with van der Waals surface area (Å²) >= 11 is 0. The van der Waals surface area contributed by atoms with E-state index in [1.165, 1.54) is 116 Å². The normalized spacial score (nSPS) is 14.0. The lowest BCUT2D eigenvalue weighted by atomic mass is 10.0. The van der Waals surface area contributed by atoms with Crippen LogP contribution in [-0.2, 0) is 42.2 Å². The van der Waals surface area contributed by atoms with Gasteiger partial charge in [0.2, 0.25) is 0 Å². The zero-order valence-corrected chi connectivity index (χ0v) is 50.5. The molecule has 0 spiro atoms. The molecule has 0 amide bonds. The predicted molar refractivity (Wildman–Crippen MR) is 325 cm³/mol. The summed E-state index contributed by atoms with van der Waals surface area (Å²) in [4.78, 5) is 48.6. The van der Waals surface area contributed by atoms with E-state index in [4.69, 9.17) is 23.3 Å². The Morgan fingerprint density at radius 1 is 0.372 bits per heavy atom. The van der Waals surface area contributed by atoms with Gasteiger partial charge >= 0.3 is 25.7 Å². The standard InChI is InChI=1S/C66H113O11P/c1-4-7-10-13-16-19-22-25-27-29-31-33-35-38-40-43-46-49-52-55-64(68)73-59-63(77-66(70)57-54-51-48-45-42-39-36-34-32-30-28-26-23-20-17-14-11-8-5-2)61-75-78(71,72)74-60-62(58-67)76-65(69)56-53-50-47-44-41-37-24-21-18-15-12-9-6-3/h8,11,16-17,19-20,25-28,32,34,39,42,48,51,62-63,67H,4-7,9-10,12-15,18,21-24,29-31,33,35-38,40-41,43-47,49-50,52-61H2,1-3H3,(H,71,72)/b11-8-,19-16-,20-17-,27-25-,28-26-,34-32-,42-39-,51-48-. The largest absolute Gasteiger partial charge is 0.472 e. The van der Waals surface area contributed by atoms with E-state index >= 15 is 0 Å². The van der Waals surface area contributed by atoms with Crippen molar-refractivity contribution in [2.45, 2.75) is 277 Å². The number of esters is 3. The van der Waals surface area contributed by atoms with Crippen molar-refractivity contribution in [2.24, 2.45) is 0 Å². The number of carbonyl (C=O) groups is 3. The molecule has 0 aromatic rings. The summed E-state index contributed by atoms with van der Waals surface area (Å²) in [6.45, 7) is 4.44. The molecule has 0 aliphatic rings. The van der Waals surface area contributed by atoms with E-state index in [9.17, 15) is 28.9 Å². The number of aliphatic hydroxyl groups excluding tert-OH is 1. The van der Waals surface area contributed by atoms with Crippen molar-refractivity contribution in [3.63, 3.8) is 0 Å². The van der Waals surface area contributed by atoms with Crippen LogP contribution in [0.4, 0.5) is 0 Å². The van der Waals surface area contributed by atoms with Gasteiger partial charge in [0.05, 0.1) is 19.8 Å². The fraction of sp³-hybridized carbons (Fsp3) is 0.712. The molecule has 0 aromatic heterocycles. The summed E-state index contributed by atoms with van der Waals surface area (Å²) in [6, 6.07) is 0. The fourth-order valence-electron chi connectivity index (χ4n) is 8.30. The Balaban J connectivity index is 4.82. The number of rotatable bonds is 57. The Labute approximate surface area is 476 Å². The Kier molecular flexibility index (Phi) is 56.8. The van der Waals surface area contributed by atoms with E-state index in [1.807, 2.05) is 12.2 Å². The van der Waals surface area contributed by atoms with Gasteiger partial charge in [-0.1, -0.05) is 253 Å². The second-order valence-corrected chi connectivity index (χ2v) is 21.9. The molecule has 0 fully saturated rings. The number of hydrogen-bond acceptors (Lipinski definition) is 10. The van der Waals surface area contributed by atoms with Gasteiger partial charge in [-0.25, -0.2) is 4.57 Å². The first-order chi connectivity index (χ1) is 38.2. The van der Waals surface area contributed by atoms with Crippen LogP contribution in [0.5, 0.6) is 0 Å². The maximum absolute atomic E-state index is 12.9. The molecule has 0 rings (SSSR count). The van der Waals surface area contributed by atoms with E-state index < -0.39 is 57.8 Å². The minimum Gasteiger partial charge on any atom is -0.462 e. The number of hydrogen-bond donors (Lipinski definition) is 2. The molecule has 448 valence electrons. The SMILES string of the molecule is CC/C=C\C/C=C\C/C=C\C/C=C\C/C=C\C/C=C\CCC(=O)OC(COC(=O)CCCCCCCCCCC/C=C\C/C=C\CCCCC)COP(=O)(O)OCC(CO)OC(=O)CCCCCCCCCCCCCCC. The third kappa shape index (κ3) is 57.1. The molecule has 0 aliphatic heterocycles. The molecule has 0 aliphatic carbocycles. The van der Waals surface area contributed by atoms with Gasteiger partial charge in [0.15, 0.2) is 6.10 Å². The van der Waals surface area contributed by atoms with Crippen LogP contribution in [0, 0.1) is 0 Å². The molecule has 78 heavy (non-hydrogen) atoms. The molecular weight excluding hydrogens is 1000 g/mol. The molecule has 0 saturated carbocycles. The molecule has 11 nitrogen and oxygen atoms in total. The summed E-state index contributed by atoms with van der Waals surface area (Å²) in [5.41, 5.74) is 0. The lowest BCUT2D eigenvalue weighted by Gasteiger charge is -2.21. The van der Waals surface area contributed by atoms with Gasteiger partial charge in [-0.2, -0.15) is 0 Å². The van der Waals surface area contributed by atoms with Crippen LogP contribution in [0.2, 0.25) is 0 Å². The first-order valence-corrected chi connectivity index (χ1v) is 32.6. The lowest BCUT2D eigenvalue weighted by molar-refractivity contribution is -0.161. The summed E-state index contributed by atoms with van der Waals surface area (Å²) in [6.07, 6.45) is 70.9. The number of allylic oxidation sites excluding steroid dienone is 16. The van der Waals surface area contributed by atoms with Gasteiger partial charge in [-0.3, -0.25) is 23.4 Å². The average molecular weight is 1110 g/mol. The van der Waals surface area contributed by atoms with Gasteiger partial charge in [-0.15, -0.1) is 0 Å². The fourth-order valence-corrected chi connectivity index (χ4v) is 9.08. The first kappa shape index (κ1) is 74.4. The number of carbonyl (C=O) groups excluding carboxylic acids is 3. The van der Waals surface area contributed by atoms with Gasteiger partial charge in [0, 0.05) is 19.3 Å². The number of aliphatic hydroxyl groups is 1. The van der Waals surface area contributed by atoms with E-state index in [1.54, 1.807) is 0 Å². The van der Waals surface area contributed by atoms with Crippen LogP contribution in [0.3, 0.4) is 0 Å². The molecule has 12 heteroatoms. The van der Waals surface area contributed by atoms with Crippen molar-refractivity contribution in [1.29, 1.82) is 0 Å². The van der Waals surface area contributed by atoms with Crippen molar-refractivity contribution >= 4 is 25.7 Å². The van der Waals surface area contributed by atoms with Crippen LogP contribution in [0.15, 0.2) is 97.2 Å². The van der Waals surface area contributed by atoms with Crippen LogP contribution < -0.4 is 0 Å². The molecule has 0 bridgehead atoms. The van der Waals surface area contributed by atoms with E-state index in [-0.39, 0.29) is 25.9 Å². The van der Waals surface area contributed by atoms with Gasteiger partial charge < -0.3 is 24.2 Å². The third-order valence-electron chi connectivity index (χ3n) is 13.0. The molecule has 0 radical (unpaired) electrons. The molecule has 3 unspecified atom stereocenters. The highest BCUT2D eigenvalue weighted by Gasteiger charge is 2.28. The van der Waals surface area contributed by atoms with Gasteiger partial charge in [0.25, 0.3) is 0 Å². The minimum atomic E-state index is -4.77. The second kappa shape index (κ2) is 59.5. The molecule has 3 atom stereocenters. The van der Waals surface area contributed by atoms with Crippen molar-refractivity contribution in [2.75, 3.05) is 26.4 Å². The van der Waals surface area contributed by atoms with Gasteiger partial charge in [0.1, 0.15) is 12.7 Å². The second-order valence-electron chi connectivity index (χ2n) is 20.5. The van der Waals surface area contributed by atoms with Crippen molar-refractivity contribution in [3.05, 3.63) is 97.2 Å². The summed E-state index contributed by atoms with van der Waals surface area (Å²) in [5.74, 6) is -1.57. The summed E-state index contributed by atoms with van der Waals surface area (Å²) in [7, 11) is -4.77. The Morgan fingerprint density at radius 2 is 0.692 bits per heavy atom. The highest BCUT2D eigenvalue weighted by Crippen LogP contribution is 2.43. The molecular formula is C66H113O11P. The van der Waals surface area contributed by atoms with E-state index in [0.29, 0.717) is 25.7 Å². The van der Waals surface area contributed by atoms with Crippen molar-refractivity contribution < 1.29 is 52.2 Å². The smallest absolute Gasteiger partial charge is 0.462 e. The maximum Gasteiger partial charge on any atom is 0.472 e. The zero-order chi connectivity index (χ0) is 56.9. The van der Waals surface area contributed by atoms with Crippen LogP contribution >= 0.6 is 7.82 Å². The molecule has 0 aromatic carbocycles. The molecule has 0 saturated heterocycles. The highest BCUT2D eigenvalue weighted by atomic mass is 31.2. The first-order valence-electron chi connectivity index (χ1n) is 31.1. The van der Waals surface area contributed by atoms with Crippen LogP contribution in [0.1, 0.15) is 265 Å². The van der Waals surface area contributed by atoms with E-state index in [0.717, 1.165) is 83.5 Å². The van der Waals surface area contributed by atoms with Gasteiger partial charge in [-0.05, 0) is 89.9 Å².